The number of hydrogen-bond acceptors (Lipinski definition) is 6. The molecule has 0 spiro atoms. The van der Waals surface area contributed by atoms with E-state index < -0.39 is 11.9 Å². The summed E-state index contributed by atoms with van der Waals surface area (Å²) < 4.78 is 11.9. The van der Waals surface area contributed by atoms with Gasteiger partial charge in [0.25, 0.3) is 5.91 Å². The lowest BCUT2D eigenvalue weighted by Crippen LogP contribution is -2.56. The average molecular weight is 419 g/mol. The van der Waals surface area contributed by atoms with Crippen LogP contribution >= 0.6 is 0 Å². The number of hydrogen-bond donors (Lipinski definition) is 1. The number of imide groups is 1. The fraction of sp³-hybridized carbons (Fsp3) is 0.550. The first kappa shape index (κ1) is 21.5. The van der Waals surface area contributed by atoms with Crippen molar-refractivity contribution in [2.24, 2.45) is 17.6 Å². The van der Waals surface area contributed by atoms with Gasteiger partial charge in [0.1, 0.15) is 11.6 Å². The van der Waals surface area contributed by atoms with Crippen molar-refractivity contribution in [2.45, 2.75) is 19.8 Å². The van der Waals surface area contributed by atoms with Crippen molar-refractivity contribution in [3.8, 4) is 0 Å². The van der Waals surface area contributed by atoms with E-state index in [-0.39, 0.29) is 36.7 Å². The van der Waals surface area contributed by atoms with Crippen LogP contribution in [0.4, 0.5) is 4.79 Å². The molecule has 0 saturated carbocycles. The zero-order valence-electron chi connectivity index (χ0n) is 17.4. The van der Waals surface area contributed by atoms with Crippen molar-refractivity contribution in [1.29, 1.82) is 0 Å². The number of allylic oxidation sites excluding steroid dienone is 1. The Kier molecular flexibility index (Phi) is 6.23. The van der Waals surface area contributed by atoms with Gasteiger partial charge in [-0.1, -0.05) is 0 Å². The van der Waals surface area contributed by atoms with Gasteiger partial charge in [0.2, 0.25) is 5.91 Å². The van der Waals surface area contributed by atoms with Crippen LogP contribution < -0.4 is 5.73 Å². The Bertz CT molecular complexity index is 867. The summed E-state index contributed by atoms with van der Waals surface area (Å²) in [6.07, 6.45) is 4.17. The summed E-state index contributed by atoms with van der Waals surface area (Å²) in [5, 5.41) is 0. The molecule has 0 aromatic heterocycles. The van der Waals surface area contributed by atoms with Crippen molar-refractivity contribution < 1.29 is 33.2 Å². The molecule has 1 atom stereocenters. The Morgan fingerprint density at radius 1 is 1.17 bits per heavy atom. The molecular formula is C20H27N4O6+. The number of likely N-dealkylation sites (tertiary alicyclic amines) is 1. The zero-order valence-corrected chi connectivity index (χ0v) is 17.4. The molecule has 0 bridgehead atoms. The van der Waals surface area contributed by atoms with Crippen LogP contribution in [0.25, 0.3) is 0 Å². The number of nitrogens with two attached hydrogens (primary N) is 1. The summed E-state index contributed by atoms with van der Waals surface area (Å²) in [7, 11) is 2.93. The van der Waals surface area contributed by atoms with Crippen molar-refractivity contribution in [1.82, 2.24) is 9.80 Å². The predicted molar refractivity (Wildman–Crippen MR) is 105 cm³/mol. The molecule has 2 N–H and O–H groups in total. The maximum atomic E-state index is 13.0. The number of carbonyl (C=O) groups is 4. The highest BCUT2D eigenvalue weighted by molar-refractivity contribution is 6.17. The fourth-order valence-corrected chi connectivity index (χ4v) is 4.00. The van der Waals surface area contributed by atoms with Gasteiger partial charge in [-0.15, -0.1) is 0 Å². The molecule has 3 aliphatic rings. The molecule has 2 aliphatic heterocycles. The minimum atomic E-state index is -0.745. The SMILES string of the molecule is CCN1C(=O)C2C=C(OC)C(OC)=CC2=[N+](CC(=O)N2CCC(C(N)=O)CC2)C1=O. The van der Waals surface area contributed by atoms with E-state index in [4.69, 9.17) is 15.2 Å². The van der Waals surface area contributed by atoms with Gasteiger partial charge in [0, 0.05) is 25.1 Å². The molecule has 5 amide bonds. The topological polar surface area (TPSA) is 122 Å². The Morgan fingerprint density at radius 3 is 2.33 bits per heavy atom. The van der Waals surface area contributed by atoms with E-state index in [1.54, 1.807) is 24.0 Å². The number of amides is 5. The summed E-state index contributed by atoms with van der Waals surface area (Å²) in [5.41, 5.74) is 5.73. The van der Waals surface area contributed by atoms with Gasteiger partial charge in [-0.3, -0.25) is 9.59 Å². The number of nitrogens with zero attached hydrogens (tertiary/aromatic N) is 3. The number of methoxy groups -OCH3 is 2. The first-order valence-corrected chi connectivity index (χ1v) is 9.91. The van der Waals surface area contributed by atoms with Gasteiger partial charge in [-0.2, -0.15) is 14.3 Å². The Hall–Kier alpha value is -3.17. The number of fused-ring (bicyclic) bond motifs is 1. The van der Waals surface area contributed by atoms with Crippen LogP contribution in [0, 0.1) is 11.8 Å². The second-order valence-electron chi connectivity index (χ2n) is 7.36. The Labute approximate surface area is 174 Å². The van der Waals surface area contributed by atoms with E-state index in [0.717, 1.165) is 4.90 Å². The van der Waals surface area contributed by atoms with Crippen molar-refractivity contribution >= 4 is 29.5 Å². The third kappa shape index (κ3) is 3.81. The summed E-state index contributed by atoms with van der Waals surface area (Å²) in [6.45, 7) is 2.48. The predicted octanol–water partition coefficient (Wildman–Crippen LogP) is -0.164. The molecule has 0 radical (unpaired) electrons. The summed E-state index contributed by atoms with van der Waals surface area (Å²) in [6, 6.07) is -0.546. The fourth-order valence-electron chi connectivity index (χ4n) is 4.00. The van der Waals surface area contributed by atoms with Gasteiger partial charge in [-0.05, 0) is 25.8 Å². The molecular weight excluding hydrogens is 392 g/mol. The number of piperidine rings is 1. The lowest BCUT2D eigenvalue weighted by Gasteiger charge is -2.32. The van der Waals surface area contributed by atoms with Gasteiger partial charge >= 0.3 is 11.9 Å². The monoisotopic (exact) mass is 419 g/mol. The lowest BCUT2D eigenvalue weighted by molar-refractivity contribution is -0.429. The number of urea groups is 1. The smallest absolute Gasteiger partial charge is 0.493 e. The highest BCUT2D eigenvalue weighted by Gasteiger charge is 2.48. The summed E-state index contributed by atoms with van der Waals surface area (Å²) in [4.78, 5) is 52.8. The number of carbonyl (C=O) groups excluding carboxylic acids is 4. The van der Waals surface area contributed by atoms with Gasteiger partial charge in [-0.25, -0.2) is 4.79 Å². The third-order valence-corrected chi connectivity index (χ3v) is 5.76. The Morgan fingerprint density at radius 2 is 1.80 bits per heavy atom. The molecule has 0 aromatic carbocycles. The van der Waals surface area contributed by atoms with Gasteiger partial charge in [0.15, 0.2) is 18.1 Å². The molecule has 10 nitrogen and oxygen atoms in total. The molecule has 1 unspecified atom stereocenters. The van der Waals surface area contributed by atoms with Crippen LogP contribution in [0.2, 0.25) is 0 Å². The minimum absolute atomic E-state index is 0.188. The van der Waals surface area contributed by atoms with Crippen molar-refractivity contribution in [3.05, 3.63) is 23.7 Å². The van der Waals surface area contributed by atoms with Crippen LogP contribution in [0.15, 0.2) is 23.7 Å². The number of primary amides is 1. The van der Waals surface area contributed by atoms with Gasteiger partial charge < -0.3 is 20.1 Å². The van der Waals surface area contributed by atoms with E-state index in [1.165, 1.54) is 18.8 Å². The Balaban J connectivity index is 1.91. The highest BCUT2D eigenvalue weighted by Crippen LogP contribution is 2.27. The van der Waals surface area contributed by atoms with Crippen molar-refractivity contribution in [3.63, 3.8) is 0 Å². The first-order chi connectivity index (χ1) is 14.3. The molecule has 2 heterocycles. The summed E-state index contributed by atoms with van der Waals surface area (Å²) in [5.74, 6) is -1.20. The van der Waals surface area contributed by atoms with Crippen LogP contribution in [-0.4, -0.2) is 84.2 Å². The normalized spacial score (nSPS) is 22.4. The number of rotatable bonds is 6. The van der Waals surface area contributed by atoms with E-state index in [2.05, 4.69) is 0 Å². The van der Waals surface area contributed by atoms with E-state index in [1.807, 2.05) is 0 Å². The van der Waals surface area contributed by atoms with Crippen molar-refractivity contribution in [2.75, 3.05) is 40.4 Å². The van der Waals surface area contributed by atoms with Crippen LogP contribution in [0.3, 0.4) is 0 Å². The quantitative estimate of drug-likeness (QED) is 0.597. The standard InChI is InChI=1S/C20H26N4O6/c1-4-23-19(27)13-9-15(29-2)16(30-3)10-14(13)24(20(23)28)11-17(25)22-7-5-12(6-8-22)18(21)26/h9-10,12-13H,4-8,11H2,1-3H3,(H-,21,26)/p+1. The molecule has 162 valence electrons. The van der Waals surface area contributed by atoms with Crippen LogP contribution in [0.5, 0.6) is 0 Å². The largest absolute Gasteiger partial charge is 0.501 e. The van der Waals surface area contributed by atoms with Crippen LogP contribution in [-0.2, 0) is 23.9 Å². The second-order valence-corrected chi connectivity index (χ2v) is 7.36. The molecule has 1 fully saturated rings. The average Bonchev–Trinajstić information content (AvgIpc) is 2.75. The zero-order chi connectivity index (χ0) is 22.0. The second kappa shape index (κ2) is 8.68. The molecule has 0 aromatic rings. The molecule has 1 saturated heterocycles. The molecule has 1 aliphatic carbocycles. The third-order valence-electron chi connectivity index (χ3n) is 5.76. The van der Waals surface area contributed by atoms with Gasteiger partial charge in [0.05, 0.1) is 20.8 Å². The molecule has 3 rings (SSSR count). The maximum Gasteiger partial charge on any atom is 0.501 e. The van der Waals surface area contributed by atoms with E-state index in [9.17, 15) is 19.2 Å². The number of ether oxygens (including phenoxy) is 2. The van der Waals surface area contributed by atoms with Crippen LogP contribution in [0.1, 0.15) is 19.8 Å². The molecule has 10 heteroatoms. The minimum Gasteiger partial charge on any atom is -0.493 e. The summed E-state index contributed by atoms with van der Waals surface area (Å²) >= 11 is 0. The van der Waals surface area contributed by atoms with E-state index in [0.29, 0.717) is 43.2 Å². The lowest BCUT2D eigenvalue weighted by atomic mass is 9.92. The molecule has 30 heavy (non-hydrogen) atoms. The highest BCUT2D eigenvalue weighted by atomic mass is 16.5. The maximum absolute atomic E-state index is 13.0. The first-order valence-electron chi connectivity index (χ1n) is 9.91. The van der Waals surface area contributed by atoms with E-state index >= 15 is 0 Å².